The van der Waals surface area contributed by atoms with Crippen LogP contribution in [-0.4, -0.2) is 33.6 Å². The van der Waals surface area contributed by atoms with E-state index in [1.165, 1.54) is 18.2 Å². The van der Waals surface area contributed by atoms with Gasteiger partial charge in [0.05, 0.1) is 16.8 Å². The normalized spacial score (nSPS) is 10.9. The Hall–Kier alpha value is -3.19. The Labute approximate surface area is 157 Å². The molecule has 0 unspecified atom stereocenters. The molecule has 0 saturated heterocycles. The van der Waals surface area contributed by atoms with Crippen LogP contribution in [-0.2, 0) is 4.79 Å². The molecule has 3 N–H and O–H groups in total. The fourth-order valence-corrected chi connectivity index (χ4v) is 2.56. The van der Waals surface area contributed by atoms with Crippen LogP contribution in [0.5, 0.6) is 0 Å². The third kappa shape index (κ3) is 4.32. The second-order valence-electron chi connectivity index (χ2n) is 6.01. The van der Waals surface area contributed by atoms with Gasteiger partial charge in [0.2, 0.25) is 0 Å². The molecule has 0 aromatic heterocycles. The molecular weight excluding hydrogens is 348 g/mol. The lowest BCUT2D eigenvalue weighted by Gasteiger charge is -2.30. The summed E-state index contributed by atoms with van der Waals surface area (Å²) in [6.45, 7) is 3.33. The molecule has 0 aliphatic rings. The highest BCUT2D eigenvalue weighted by Crippen LogP contribution is 2.20. The zero-order valence-electron chi connectivity index (χ0n) is 15.2. The third-order valence-corrected chi connectivity index (χ3v) is 4.41. The van der Waals surface area contributed by atoms with Crippen LogP contribution in [0.25, 0.3) is 0 Å². The molecule has 7 heteroatoms. The molecule has 2 rings (SSSR count). The van der Waals surface area contributed by atoms with Gasteiger partial charge in [-0.3, -0.25) is 15.0 Å². The number of benzene rings is 2. The summed E-state index contributed by atoms with van der Waals surface area (Å²) in [7, 11) is 0. The van der Waals surface area contributed by atoms with Crippen LogP contribution in [0.2, 0.25) is 0 Å². The predicted octanol–water partition coefficient (Wildman–Crippen LogP) is 2.61. The Bertz CT molecular complexity index is 831. The van der Waals surface area contributed by atoms with E-state index in [2.05, 4.69) is 5.43 Å². The maximum absolute atomic E-state index is 13.1. The van der Waals surface area contributed by atoms with Gasteiger partial charge in [0.15, 0.2) is 0 Å². The van der Waals surface area contributed by atoms with Crippen LogP contribution >= 0.6 is 0 Å². The van der Waals surface area contributed by atoms with E-state index in [0.29, 0.717) is 5.69 Å². The van der Waals surface area contributed by atoms with Gasteiger partial charge in [-0.2, -0.15) is 0 Å². The van der Waals surface area contributed by atoms with Gasteiger partial charge in [-0.15, -0.1) is 0 Å². The minimum Gasteiger partial charge on any atom is -0.478 e. The quantitative estimate of drug-likeness (QED) is 0.678. The van der Waals surface area contributed by atoms with Crippen molar-refractivity contribution >= 4 is 23.5 Å². The summed E-state index contributed by atoms with van der Waals surface area (Å²) in [6, 6.07) is 14.0. The number of rotatable bonds is 6. The van der Waals surface area contributed by atoms with Gasteiger partial charge in [0.1, 0.15) is 5.60 Å². The monoisotopic (exact) mass is 370 g/mol. The van der Waals surface area contributed by atoms with E-state index in [9.17, 15) is 24.6 Å². The zero-order chi connectivity index (χ0) is 20.0. The van der Waals surface area contributed by atoms with E-state index in [1.807, 2.05) is 0 Å². The average molecular weight is 370 g/mol. The summed E-state index contributed by atoms with van der Waals surface area (Å²) in [5.41, 5.74) is 0.882. The molecule has 0 aliphatic carbocycles. The molecule has 0 bridgehead atoms. The smallest absolute Gasteiger partial charge is 0.336 e. The minimum atomic E-state index is -1.64. The summed E-state index contributed by atoms with van der Waals surface area (Å²) in [6.07, 6.45) is 0.329. The molecule has 0 atom stereocenters. The van der Waals surface area contributed by atoms with Crippen molar-refractivity contribution in [2.24, 2.45) is 0 Å². The lowest BCUT2D eigenvalue weighted by molar-refractivity contribution is -0.140. The molecule has 0 aliphatic heterocycles. The van der Waals surface area contributed by atoms with Crippen LogP contribution in [0.15, 0.2) is 54.6 Å². The fraction of sp³-hybridized carbons (Fsp3) is 0.250. The first-order chi connectivity index (χ1) is 12.8. The van der Waals surface area contributed by atoms with Gasteiger partial charge < -0.3 is 10.2 Å². The van der Waals surface area contributed by atoms with E-state index >= 15 is 0 Å². The molecule has 2 aromatic carbocycles. The molecule has 27 heavy (non-hydrogen) atoms. The van der Waals surface area contributed by atoms with E-state index in [0.717, 1.165) is 5.01 Å². The molecule has 0 radical (unpaired) electrons. The number of anilines is 1. The number of hydrogen-bond acceptors (Lipinski definition) is 4. The first kappa shape index (κ1) is 20.1. The lowest BCUT2D eigenvalue weighted by Crippen LogP contribution is -2.55. The summed E-state index contributed by atoms with van der Waals surface area (Å²) < 4.78 is 0. The molecule has 0 heterocycles. The van der Waals surface area contributed by atoms with Crippen LogP contribution < -0.4 is 10.4 Å². The van der Waals surface area contributed by atoms with Gasteiger partial charge >= 0.3 is 5.97 Å². The number of hydrazine groups is 1. The largest absolute Gasteiger partial charge is 0.478 e. The highest BCUT2D eigenvalue weighted by atomic mass is 16.4. The number of hydrogen-bond donors (Lipinski definition) is 3. The Morgan fingerprint density at radius 3 is 1.96 bits per heavy atom. The maximum Gasteiger partial charge on any atom is 0.336 e. The SMILES string of the molecule is CCC(O)(CC)C(=O)NN(C(=O)c1ccccc1C(=O)O)c1ccccc1. The highest BCUT2D eigenvalue weighted by molar-refractivity contribution is 6.12. The van der Waals surface area contributed by atoms with E-state index in [-0.39, 0.29) is 24.0 Å². The van der Waals surface area contributed by atoms with Crippen molar-refractivity contribution in [3.8, 4) is 0 Å². The van der Waals surface area contributed by atoms with Gasteiger partial charge in [-0.25, -0.2) is 9.80 Å². The summed E-state index contributed by atoms with van der Waals surface area (Å²) >= 11 is 0. The van der Waals surface area contributed by atoms with Crippen LogP contribution in [0, 0.1) is 0 Å². The van der Waals surface area contributed by atoms with E-state index in [4.69, 9.17) is 0 Å². The van der Waals surface area contributed by atoms with Crippen LogP contribution in [0.3, 0.4) is 0 Å². The van der Waals surface area contributed by atoms with Gasteiger partial charge in [-0.1, -0.05) is 44.2 Å². The Morgan fingerprint density at radius 2 is 1.44 bits per heavy atom. The van der Waals surface area contributed by atoms with Crippen molar-refractivity contribution in [1.82, 2.24) is 5.43 Å². The Kier molecular flexibility index (Phi) is 6.31. The average Bonchev–Trinajstić information content (AvgIpc) is 2.71. The van der Waals surface area contributed by atoms with E-state index in [1.54, 1.807) is 50.2 Å². The number of carboxylic acid groups (broad SMARTS) is 1. The standard InChI is InChI=1S/C20H22N2O5/c1-3-20(27,4-2)19(26)21-22(14-10-6-5-7-11-14)17(23)15-12-8-9-13-16(15)18(24)25/h5-13,27H,3-4H2,1-2H3,(H,21,26)(H,24,25). The number of carboxylic acids is 1. The zero-order valence-corrected chi connectivity index (χ0v) is 15.2. The number of nitrogens with one attached hydrogen (secondary N) is 1. The highest BCUT2D eigenvalue weighted by Gasteiger charge is 2.35. The summed E-state index contributed by atoms with van der Waals surface area (Å²) in [5, 5.41) is 20.8. The molecule has 7 nitrogen and oxygen atoms in total. The third-order valence-electron chi connectivity index (χ3n) is 4.41. The molecule has 0 spiro atoms. The number of carbonyl (C=O) groups is 3. The Morgan fingerprint density at radius 1 is 0.926 bits per heavy atom. The number of aromatic carboxylic acids is 1. The lowest BCUT2D eigenvalue weighted by atomic mass is 9.97. The van der Waals surface area contributed by atoms with Crippen molar-refractivity contribution in [2.75, 3.05) is 5.01 Å². The van der Waals surface area contributed by atoms with Crippen molar-refractivity contribution in [3.63, 3.8) is 0 Å². The predicted molar refractivity (Wildman–Crippen MR) is 100 cm³/mol. The number of para-hydroxylation sites is 1. The first-order valence-electron chi connectivity index (χ1n) is 8.59. The molecule has 2 aromatic rings. The number of amides is 2. The molecule has 2 amide bonds. The van der Waals surface area contributed by atoms with E-state index < -0.39 is 23.4 Å². The van der Waals surface area contributed by atoms with Gasteiger partial charge in [0, 0.05) is 0 Å². The van der Waals surface area contributed by atoms with Gasteiger partial charge in [-0.05, 0) is 37.1 Å². The number of carbonyl (C=O) groups excluding carboxylic acids is 2. The number of aliphatic hydroxyl groups is 1. The maximum atomic E-state index is 13.1. The summed E-state index contributed by atoms with van der Waals surface area (Å²) in [4.78, 5) is 37.1. The number of nitrogens with zero attached hydrogens (tertiary/aromatic N) is 1. The second-order valence-corrected chi connectivity index (χ2v) is 6.01. The van der Waals surface area contributed by atoms with Crippen LogP contribution in [0.1, 0.15) is 47.4 Å². The fourth-order valence-electron chi connectivity index (χ4n) is 2.56. The first-order valence-corrected chi connectivity index (χ1v) is 8.59. The van der Waals surface area contributed by atoms with Crippen molar-refractivity contribution in [3.05, 3.63) is 65.7 Å². The molecule has 0 fully saturated rings. The Balaban J connectivity index is 2.47. The summed E-state index contributed by atoms with van der Waals surface area (Å²) in [5.74, 6) is -2.71. The molecular formula is C20H22N2O5. The van der Waals surface area contributed by atoms with Crippen molar-refractivity contribution in [1.29, 1.82) is 0 Å². The van der Waals surface area contributed by atoms with Crippen molar-refractivity contribution < 1.29 is 24.6 Å². The second kappa shape index (κ2) is 8.46. The van der Waals surface area contributed by atoms with Crippen molar-refractivity contribution in [2.45, 2.75) is 32.3 Å². The molecule has 142 valence electrons. The topological polar surface area (TPSA) is 107 Å². The van der Waals surface area contributed by atoms with Crippen LogP contribution in [0.4, 0.5) is 5.69 Å². The minimum absolute atomic E-state index is 0.0781. The molecule has 0 saturated carbocycles. The van der Waals surface area contributed by atoms with Gasteiger partial charge in [0.25, 0.3) is 11.8 Å².